The molecule has 11 heteroatoms. The number of carbonyl (C=O) groups excluding carboxylic acids is 4. The van der Waals surface area contributed by atoms with Crippen LogP contribution in [-0.2, 0) is 27.9 Å². The maximum atomic E-state index is 13.3. The van der Waals surface area contributed by atoms with Gasteiger partial charge in [0.25, 0.3) is 5.91 Å². The Hall–Kier alpha value is -3.89. The molecule has 39 heavy (non-hydrogen) atoms. The molecule has 1 aliphatic rings. The monoisotopic (exact) mass is 540 g/mol. The summed E-state index contributed by atoms with van der Waals surface area (Å²) in [6.45, 7) is 9.97. The van der Waals surface area contributed by atoms with E-state index in [-0.39, 0.29) is 36.5 Å². The smallest absolute Gasteiger partial charge is 0.255 e. The molecular weight excluding hydrogens is 500 g/mol. The molecule has 0 fully saturated rings. The highest BCUT2D eigenvalue weighted by Gasteiger charge is 2.28. The molecule has 0 saturated carbocycles. The Morgan fingerprint density at radius 3 is 2.54 bits per heavy atom. The summed E-state index contributed by atoms with van der Waals surface area (Å²) >= 11 is 0. The van der Waals surface area contributed by atoms with Crippen LogP contribution in [0.3, 0.4) is 0 Å². The van der Waals surface area contributed by atoms with E-state index in [0.29, 0.717) is 25.1 Å². The topological polar surface area (TPSA) is 143 Å². The maximum Gasteiger partial charge on any atom is 0.255 e. The highest BCUT2D eigenvalue weighted by molar-refractivity contribution is 6.01. The number of rotatable bonds is 6. The third kappa shape index (κ3) is 8.05. The van der Waals surface area contributed by atoms with E-state index in [2.05, 4.69) is 26.4 Å². The van der Waals surface area contributed by atoms with Crippen molar-refractivity contribution in [2.24, 2.45) is 13.0 Å². The van der Waals surface area contributed by atoms with Gasteiger partial charge >= 0.3 is 0 Å². The number of benzene rings is 1. The van der Waals surface area contributed by atoms with Gasteiger partial charge in [0.2, 0.25) is 17.7 Å². The number of ether oxygens (including phenoxy) is 1. The van der Waals surface area contributed by atoms with Crippen molar-refractivity contribution < 1.29 is 23.9 Å². The first-order chi connectivity index (χ1) is 18.5. The molecule has 2 heterocycles. The SMILES string of the molecule is Cc1nn(C)c(C)c1CCNC(=O)[C@@H]1CC(=O)N[C@@H](C)C(=O)N[C@@H](CC(C)C)COc2ccccc2C(=O)N1. The lowest BCUT2D eigenvalue weighted by molar-refractivity contribution is -0.131. The number of hydrogen-bond acceptors (Lipinski definition) is 6. The zero-order chi connectivity index (χ0) is 28.7. The Bertz CT molecular complexity index is 1210. The van der Waals surface area contributed by atoms with Crippen molar-refractivity contribution >= 4 is 23.6 Å². The fourth-order valence-corrected chi connectivity index (χ4v) is 4.64. The van der Waals surface area contributed by atoms with Crippen LogP contribution >= 0.6 is 0 Å². The van der Waals surface area contributed by atoms with E-state index in [9.17, 15) is 19.2 Å². The number of hydrogen-bond donors (Lipinski definition) is 4. The summed E-state index contributed by atoms with van der Waals surface area (Å²) in [5.41, 5.74) is 3.16. The molecule has 0 unspecified atom stereocenters. The lowest BCUT2D eigenvalue weighted by Gasteiger charge is -2.25. The van der Waals surface area contributed by atoms with E-state index < -0.39 is 29.8 Å². The minimum absolute atomic E-state index is 0.145. The van der Waals surface area contributed by atoms with E-state index in [1.54, 1.807) is 35.9 Å². The lowest BCUT2D eigenvalue weighted by atomic mass is 10.0. The number of amides is 4. The Morgan fingerprint density at radius 1 is 1.15 bits per heavy atom. The van der Waals surface area contributed by atoms with Gasteiger partial charge in [-0.2, -0.15) is 5.10 Å². The van der Waals surface area contributed by atoms with Gasteiger partial charge in [-0.05, 0) is 57.2 Å². The molecule has 4 amide bonds. The summed E-state index contributed by atoms with van der Waals surface area (Å²) in [4.78, 5) is 52.1. The molecule has 3 atom stereocenters. The van der Waals surface area contributed by atoms with E-state index in [4.69, 9.17) is 4.74 Å². The number of aryl methyl sites for hydroxylation is 2. The summed E-state index contributed by atoms with van der Waals surface area (Å²) in [6, 6.07) is 4.39. The quantitative estimate of drug-likeness (QED) is 0.435. The number of nitrogens with zero attached hydrogens (tertiary/aromatic N) is 2. The Morgan fingerprint density at radius 2 is 1.87 bits per heavy atom. The molecule has 212 valence electrons. The van der Waals surface area contributed by atoms with Crippen LogP contribution in [0, 0.1) is 19.8 Å². The number of fused-ring (bicyclic) bond motifs is 1. The molecule has 0 aliphatic carbocycles. The second kappa shape index (κ2) is 13.3. The Kier molecular flexibility index (Phi) is 10.1. The predicted molar refractivity (Wildman–Crippen MR) is 146 cm³/mol. The fraction of sp³-hybridized carbons (Fsp3) is 0.536. The second-order valence-corrected chi connectivity index (χ2v) is 10.5. The third-order valence-electron chi connectivity index (χ3n) is 6.79. The van der Waals surface area contributed by atoms with Gasteiger partial charge in [-0.25, -0.2) is 0 Å². The molecule has 11 nitrogen and oxygen atoms in total. The largest absolute Gasteiger partial charge is 0.491 e. The first-order valence-corrected chi connectivity index (χ1v) is 13.4. The van der Waals surface area contributed by atoms with Crippen molar-refractivity contribution in [3.05, 3.63) is 46.8 Å². The Balaban J connectivity index is 1.81. The number of carbonyl (C=O) groups is 4. The van der Waals surface area contributed by atoms with Crippen molar-refractivity contribution in [3.63, 3.8) is 0 Å². The molecule has 1 aromatic carbocycles. The first kappa shape index (κ1) is 29.7. The fourth-order valence-electron chi connectivity index (χ4n) is 4.64. The normalized spacial score (nSPS) is 20.7. The van der Waals surface area contributed by atoms with Crippen LogP contribution < -0.4 is 26.0 Å². The van der Waals surface area contributed by atoms with Crippen LogP contribution in [0.15, 0.2) is 24.3 Å². The van der Waals surface area contributed by atoms with E-state index in [0.717, 1.165) is 17.0 Å². The van der Waals surface area contributed by atoms with E-state index in [1.165, 1.54) is 0 Å². The minimum Gasteiger partial charge on any atom is -0.491 e. The average Bonchev–Trinajstić information content (AvgIpc) is 3.11. The van der Waals surface area contributed by atoms with Gasteiger partial charge in [0.15, 0.2) is 0 Å². The van der Waals surface area contributed by atoms with Gasteiger partial charge in [0, 0.05) is 19.3 Å². The van der Waals surface area contributed by atoms with Gasteiger partial charge in [-0.15, -0.1) is 0 Å². The zero-order valence-corrected chi connectivity index (χ0v) is 23.6. The van der Waals surface area contributed by atoms with Crippen molar-refractivity contribution in [1.29, 1.82) is 0 Å². The number of aromatic nitrogens is 2. The van der Waals surface area contributed by atoms with Crippen LogP contribution in [0.2, 0.25) is 0 Å². The van der Waals surface area contributed by atoms with Gasteiger partial charge in [0.05, 0.1) is 23.7 Å². The van der Waals surface area contributed by atoms with Crippen molar-refractivity contribution in [2.45, 2.75) is 72.0 Å². The number of para-hydroxylation sites is 1. The molecule has 0 bridgehead atoms. The highest BCUT2D eigenvalue weighted by Crippen LogP contribution is 2.20. The average molecular weight is 541 g/mol. The van der Waals surface area contributed by atoms with Gasteiger partial charge in [0.1, 0.15) is 24.4 Å². The summed E-state index contributed by atoms with van der Waals surface area (Å²) < 4.78 is 7.77. The van der Waals surface area contributed by atoms with Crippen molar-refractivity contribution in [2.75, 3.05) is 13.2 Å². The van der Waals surface area contributed by atoms with Crippen LogP contribution in [0.25, 0.3) is 0 Å². The molecule has 0 radical (unpaired) electrons. The maximum absolute atomic E-state index is 13.3. The zero-order valence-electron chi connectivity index (χ0n) is 23.6. The molecule has 1 aliphatic heterocycles. The molecule has 4 N–H and O–H groups in total. The number of nitrogens with one attached hydrogen (secondary N) is 4. The first-order valence-electron chi connectivity index (χ1n) is 13.4. The Labute approximate surface area is 229 Å². The minimum atomic E-state index is -1.16. The standard InChI is InChI=1S/C28H40N6O5/c1-16(2)13-20-15-39-24-10-8-7-9-22(24)27(37)32-23(14-25(35)30-18(4)26(36)31-20)28(38)29-12-11-21-17(3)33-34(6)19(21)5/h7-10,16,18,20,23H,11-15H2,1-6H3,(H,29,38)(H,30,35)(H,31,36)(H,32,37)/t18-,20-,23-/m0/s1. The summed E-state index contributed by atoms with van der Waals surface area (Å²) in [7, 11) is 1.86. The van der Waals surface area contributed by atoms with E-state index >= 15 is 0 Å². The molecule has 0 saturated heterocycles. The second-order valence-electron chi connectivity index (χ2n) is 10.5. The molecule has 3 rings (SSSR count). The molecular formula is C28H40N6O5. The lowest BCUT2D eigenvalue weighted by Crippen LogP contribution is -2.53. The van der Waals surface area contributed by atoms with Crippen LogP contribution in [0.1, 0.15) is 60.9 Å². The van der Waals surface area contributed by atoms with Crippen molar-refractivity contribution in [1.82, 2.24) is 31.0 Å². The van der Waals surface area contributed by atoms with Crippen molar-refractivity contribution in [3.8, 4) is 5.75 Å². The third-order valence-corrected chi connectivity index (χ3v) is 6.79. The highest BCUT2D eigenvalue weighted by atomic mass is 16.5. The molecule has 0 spiro atoms. The van der Waals surface area contributed by atoms with Crippen LogP contribution in [0.4, 0.5) is 0 Å². The van der Waals surface area contributed by atoms with E-state index in [1.807, 2.05) is 34.7 Å². The summed E-state index contributed by atoms with van der Waals surface area (Å²) in [5, 5.41) is 15.5. The van der Waals surface area contributed by atoms with Gasteiger partial charge < -0.3 is 26.0 Å². The van der Waals surface area contributed by atoms with Crippen LogP contribution in [-0.4, -0.2) is 64.7 Å². The summed E-state index contributed by atoms with van der Waals surface area (Å²) in [5.74, 6) is -1.31. The van der Waals surface area contributed by atoms with Gasteiger partial charge in [-0.3, -0.25) is 23.9 Å². The van der Waals surface area contributed by atoms with Crippen LogP contribution in [0.5, 0.6) is 5.75 Å². The molecule has 1 aromatic heterocycles. The molecule has 2 aromatic rings. The predicted octanol–water partition coefficient (Wildman–Crippen LogP) is 1.31. The summed E-state index contributed by atoms with van der Waals surface area (Å²) in [6.07, 6.45) is 0.870. The van der Waals surface area contributed by atoms with Gasteiger partial charge in [-0.1, -0.05) is 26.0 Å².